The molecule has 1 heterocycles. The summed E-state index contributed by atoms with van der Waals surface area (Å²) in [6, 6.07) is 14.2. The van der Waals surface area contributed by atoms with Crippen LogP contribution in [-0.4, -0.2) is 17.0 Å². The third kappa shape index (κ3) is 2.12. The lowest BCUT2D eigenvalue weighted by atomic mass is 10.2. The maximum Gasteiger partial charge on any atom is 0.162 e. The fourth-order valence-electron chi connectivity index (χ4n) is 2.01. The zero-order chi connectivity index (χ0) is 13.2. The van der Waals surface area contributed by atoms with Crippen LogP contribution in [-0.2, 0) is 0 Å². The standard InChI is InChI=1S/C15H12FN3/c1-17-15-12-8-7-11(16)9-13(12)18-14(19-15)10-5-3-2-4-6-10/h2-9H,1H3,(H,17,18,19). The van der Waals surface area contributed by atoms with E-state index in [1.54, 1.807) is 13.1 Å². The largest absolute Gasteiger partial charge is 0.373 e. The molecule has 0 amide bonds. The first-order valence-electron chi connectivity index (χ1n) is 5.98. The van der Waals surface area contributed by atoms with Crippen molar-refractivity contribution in [2.75, 3.05) is 12.4 Å². The van der Waals surface area contributed by atoms with Gasteiger partial charge in [-0.15, -0.1) is 0 Å². The number of nitrogens with one attached hydrogen (secondary N) is 1. The van der Waals surface area contributed by atoms with Crippen LogP contribution in [0.4, 0.5) is 10.2 Å². The van der Waals surface area contributed by atoms with Crippen LogP contribution in [0.15, 0.2) is 48.5 Å². The maximum absolute atomic E-state index is 13.3. The van der Waals surface area contributed by atoms with E-state index in [2.05, 4.69) is 15.3 Å². The number of hydrogen-bond donors (Lipinski definition) is 1. The van der Waals surface area contributed by atoms with E-state index < -0.39 is 0 Å². The van der Waals surface area contributed by atoms with Gasteiger partial charge in [0.2, 0.25) is 0 Å². The van der Waals surface area contributed by atoms with E-state index in [1.807, 2.05) is 30.3 Å². The Labute approximate surface area is 110 Å². The summed E-state index contributed by atoms with van der Waals surface area (Å²) in [4.78, 5) is 8.90. The van der Waals surface area contributed by atoms with Gasteiger partial charge in [-0.1, -0.05) is 30.3 Å². The molecule has 0 aliphatic carbocycles. The first-order valence-corrected chi connectivity index (χ1v) is 5.98. The molecule has 0 aliphatic heterocycles. The molecule has 1 N–H and O–H groups in total. The molecule has 0 saturated carbocycles. The summed E-state index contributed by atoms with van der Waals surface area (Å²) in [6.45, 7) is 0. The first-order chi connectivity index (χ1) is 9.28. The normalized spacial score (nSPS) is 10.6. The highest BCUT2D eigenvalue weighted by Gasteiger charge is 2.08. The summed E-state index contributed by atoms with van der Waals surface area (Å²) >= 11 is 0. The Hall–Kier alpha value is -2.49. The number of fused-ring (bicyclic) bond motifs is 1. The van der Waals surface area contributed by atoms with Crippen LogP contribution in [0.1, 0.15) is 0 Å². The molecule has 0 bridgehead atoms. The zero-order valence-corrected chi connectivity index (χ0v) is 10.4. The summed E-state index contributed by atoms with van der Waals surface area (Å²) in [7, 11) is 1.79. The van der Waals surface area contributed by atoms with Gasteiger partial charge in [0.25, 0.3) is 0 Å². The van der Waals surface area contributed by atoms with E-state index in [1.165, 1.54) is 12.1 Å². The number of anilines is 1. The van der Waals surface area contributed by atoms with Gasteiger partial charge < -0.3 is 5.32 Å². The van der Waals surface area contributed by atoms with Crippen molar-refractivity contribution in [3.8, 4) is 11.4 Å². The van der Waals surface area contributed by atoms with Crippen LogP contribution in [0.5, 0.6) is 0 Å². The second-order valence-electron chi connectivity index (χ2n) is 4.17. The molecule has 94 valence electrons. The highest BCUT2D eigenvalue weighted by molar-refractivity contribution is 5.90. The van der Waals surface area contributed by atoms with Gasteiger partial charge in [0.1, 0.15) is 11.6 Å². The lowest BCUT2D eigenvalue weighted by Crippen LogP contribution is -1.99. The highest BCUT2D eigenvalue weighted by Crippen LogP contribution is 2.25. The number of benzene rings is 2. The van der Waals surface area contributed by atoms with Crippen molar-refractivity contribution in [2.24, 2.45) is 0 Å². The minimum absolute atomic E-state index is 0.299. The highest BCUT2D eigenvalue weighted by atomic mass is 19.1. The Kier molecular flexibility index (Phi) is 2.83. The average molecular weight is 253 g/mol. The number of aromatic nitrogens is 2. The molecule has 3 aromatic rings. The van der Waals surface area contributed by atoms with E-state index in [-0.39, 0.29) is 5.82 Å². The minimum atomic E-state index is -0.299. The maximum atomic E-state index is 13.3. The number of hydrogen-bond acceptors (Lipinski definition) is 3. The van der Waals surface area contributed by atoms with E-state index in [9.17, 15) is 4.39 Å². The molecular weight excluding hydrogens is 241 g/mol. The number of halogens is 1. The predicted molar refractivity (Wildman–Crippen MR) is 74.5 cm³/mol. The van der Waals surface area contributed by atoms with Crippen molar-refractivity contribution in [1.29, 1.82) is 0 Å². The number of nitrogens with zero attached hydrogens (tertiary/aromatic N) is 2. The zero-order valence-electron chi connectivity index (χ0n) is 10.4. The fraction of sp³-hybridized carbons (Fsp3) is 0.0667. The Morgan fingerprint density at radius 1 is 1.00 bits per heavy atom. The van der Waals surface area contributed by atoms with Crippen LogP contribution in [0.3, 0.4) is 0 Å². The predicted octanol–water partition coefficient (Wildman–Crippen LogP) is 3.48. The van der Waals surface area contributed by atoms with Crippen molar-refractivity contribution >= 4 is 16.7 Å². The summed E-state index contributed by atoms with van der Waals surface area (Å²) in [6.07, 6.45) is 0. The molecule has 2 aromatic carbocycles. The Bertz CT molecular complexity index is 726. The van der Waals surface area contributed by atoms with Gasteiger partial charge in [-0.05, 0) is 12.1 Å². The Balaban J connectivity index is 2.27. The summed E-state index contributed by atoms with van der Waals surface area (Å²) in [5.74, 6) is 0.985. The van der Waals surface area contributed by atoms with Gasteiger partial charge in [-0.25, -0.2) is 14.4 Å². The van der Waals surface area contributed by atoms with Crippen LogP contribution in [0.2, 0.25) is 0 Å². The van der Waals surface area contributed by atoms with E-state index in [0.717, 1.165) is 10.9 Å². The van der Waals surface area contributed by atoms with E-state index >= 15 is 0 Å². The van der Waals surface area contributed by atoms with Crippen molar-refractivity contribution in [3.63, 3.8) is 0 Å². The molecule has 19 heavy (non-hydrogen) atoms. The van der Waals surface area contributed by atoms with Crippen LogP contribution in [0, 0.1) is 5.82 Å². The smallest absolute Gasteiger partial charge is 0.162 e. The van der Waals surface area contributed by atoms with Crippen molar-refractivity contribution in [3.05, 3.63) is 54.3 Å². The van der Waals surface area contributed by atoms with Crippen molar-refractivity contribution < 1.29 is 4.39 Å². The molecule has 3 rings (SSSR count). The fourth-order valence-corrected chi connectivity index (χ4v) is 2.01. The molecule has 0 fully saturated rings. The van der Waals surface area contributed by atoms with Crippen molar-refractivity contribution in [2.45, 2.75) is 0 Å². The molecule has 0 spiro atoms. The molecule has 0 saturated heterocycles. The SMILES string of the molecule is CNc1nc(-c2ccccc2)nc2cc(F)ccc12. The lowest BCUT2D eigenvalue weighted by Gasteiger charge is -2.08. The van der Waals surface area contributed by atoms with Crippen LogP contribution in [0.25, 0.3) is 22.3 Å². The van der Waals surface area contributed by atoms with Gasteiger partial charge in [-0.2, -0.15) is 0 Å². The minimum Gasteiger partial charge on any atom is -0.373 e. The van der Waals surface area contributed by atoms with Crippen LogP contribution >= 0.6 is 0 Å². The third-order valence-corrected chi connectivity index (χ3v) is 2.93. The third-order valence-electron chi connectivity index (χ3n) is 2.93. The molecule has 4 heteroatoms. The molecule has 0 atom stereocenters. The molecule has 1 aromatic heterocycles. The van der Waals surface area contributed by atoms with E-state index in [0.29, 0.717) is 17.2 Å². The second-order valence-corrected chi connectivity index (χ2v) is 4.17. The second kappa shape index (κ2) is 4.65. The molecule has 0 radical (unpaired) electrons. The van der Waals surface area contributed by atoms with E-state index in [4.69, 9.17) is 0 Å². The molecule has 0 aliphatic rings. The van der Waals surface area contributed by atoms with Gasteiger partial charge >= 0.3 is 0 Å². The van der Waals surface area contributed by atoms with Gasteiger partial charge in [0.15, 0.2) is 5.82 Å². The summed E-state index contributed by atoms with van der Waals surface area (Å²) < 4.78 is 13.3. The first kappa shape index (κ1) is 11.6. The van der Waals surface area contributed by atoms with Gasteiger partial charge in [0, 0.05) is 24.1 Å². The summed E-state index contributed by atoms with van der Waals surface area (Å²) in [5, 5.41) is 3.83. The van der Waals surface area contributed by atoms with Crippen molar-refractivity contribution in [1.82, 2.24) is 9.97 Å². The van der Waals surface area contributed by atoms with Gasteiger partial charge in [0.05, 0.1) is 5.52 Å². The quantitative estimate of drug-likeness (QED) is 0.759. The van der Waals surface area contributed by atoms with Gasteiger partial charge in [-0.3, -0.25) is 0 Å². The molecular formula is C15H12FN3. The monoisotopic (exact) mass is 253 g/mol. The molecule has 0 unspecified atom stereocenters. The Morgan fingerprint density at radius 2 is 1.79 bits per heavy atom. The summed E-state index contributed by atoms with van der Waals surface area (Å²) in [5.41, 5.74) is 1.50. The Morgan fingerprint density at radius 3 is 2.53 bits per heavy atom. The lowest BCUT2D eigenvalue weighted by molar-refractivity contribution is 0.629. The van der Waals surface area contributed by atoms with Crippen LogP contribution < -0.4 is 5.32 Å². The molecule has 3 nitrogen and oxygen atoms in total. The number of rotatable bonds is 2. The average Bonchev–Trinajstić information content (AvgIpc) is 2.46. The topological polar surface area (TPSA) is 37.8 Å².